The van der Waals surface area contributed by atoms with Crippen molar-refractivity contribution in [3.05, 3.63) is 70.2 Å². The summed E-state index contributed by atoms with van der Waals surface area (Å²) in [6.45, 7) is 2.71. The normalized spacial score (nSPS) is 15.4. The van der Waals surface area contributed by atoms with Crippen LogP contribution in [0.15, 0.2) is 59.1 Å². The first-order valence-corrected chi connectivity index (χ1v) is 10.3. The average molecular weight is 429 g/mol. The van der Waals surface area contributed by atoms with E-state index in [4.69, 9.17) is 0 Å². The number of hydrogen-bond acceptors (Lipinski definition) is 3. The molecule has 2 aromatic carbocycles. The molecule has 0 bridgehead atoms. The van der Waals surface area contributed by atoms with E-state index in [-0.39, 0.29) is 30.6 Å². The molecule has 1 fully saturated rings. The summed E-state index contributed by atoms with van der Waals surface area (Å²) in [6.07, 6.45) is 2.86. The molecule has 0 saturated carbocycles. The molecule has 1 saturated heterocycles. The van der Waals surface area contributed by atoms with Crippen molar-refractivity contribution in [3.63, 3.8) is 0 Å². The van der Waals surface area contributed by atoms with Crippen LogP contribution >= 0.6 is 15.9 Å². The molecule has 0 spiro atoms. The van der Waals surface area contributed by atoms with Crippen molar-refractivity contribution >= 4 is 27.6 Å². The van der Waals surface area contributed by atoms with Crippen molar-refractivity contribution in [2.45, 2.75) is 31.7 Å². The number of amides is 1. The molecular weight excluding hydrogens is 404 g/mol. The molecule has 3 rings (SSSR count). The first kappa shape index (κ1) is 19.8. The highest BCUT2D eigenvalue weighted by atomic mass is 79.9. The van der Waals surface area contributed by atoms with E-state index in [0.717, 1.165) is 17.6 Å². The molecule has 0 radical (unpaired) electrons. The summed E-state index contributed by atoms with van der Waals surface area (Å²) in [5.41, 5.74) is 1.87. The molecule has 0 aromatic heterocycles. The SMILES string of the molecule is O=C(CCC(=O)c1ccc(Br)cc1)NCC(c1ccccc1)N1CCCC1. The number of halogens is 1. The fraction of sp³-hybridized carbons (Fsp3) is 0.364. The maximum absolute atomic E-state index is 12.3. The molecule has 5 heteroatoms. The molecule has 1 heterocycles. The molecule has 1 aliphatic heterocycles. The Bertz CT molecular complexity index is 756. The van der Waals surface area contributed by atoms with Crippen molar-refractivity contribution < 1.29 is 9.59 Å². The van der Waals surface area contributed by atoms with Crippen LogP contribution in [0.5, 0.6) is 0 Å². The highest BCUT2D eigenvalue weighted by molar-refractivity contribution is 9.10. The molecule has 142 valence electrons. The zero-order valence-electron chi connectivity index (χ0n) is 15.4. The first-order chi connectivity index (χ1) is 13.1. The van der Waals surface area contributed by atoms with E-state index in [2.05, 4.69) is 38.3 Å². The highest BCUT2D eigenvalue weighted by Gasteiger charge is 2.23. The van der Waals surface area contributed by atoms with Gasteiger partial charge in [0.1, 0.15) is 0 Å². The number of Topliss-reactive ketones (excluding diaryl/α,β-unsaturated/α-hetero) is 1. The largest absolute Gasteiger partial charge is 0.354 e. The zero-order chi connectivity index (χ0) is 19.1. The maximum atomic E-state index is 12.3. The van der Waals surface area contributed by atoms with Crippen LogP contribution in [0.4, 0.5) is 0 Å². The summed E-state index contributed by atoms with van der Waals surface area (Å²) in [5.74, 6) is -0.0719. The van der Waals surface area contributed by atoms with Crippen molar-refractivity contribution in [3.8, 4) is 0 Å². The molecule has 1 amide bonds. The van der Waals surface area contributed by atoms with E-state index in [1.54, 1.807) is 12.1 Å². The van der Waals surface area contributed by atoms with Crippen LogP contribution in [0.1, 0.15) is 47.6 Å². The Balaban J connectivity index is 1.51. The smallest absolute Gasteiger partial charge is 0.220 e. The maximum Gasteiger partial charge on any atom is 0.220 e. The number of carbonyl (C=O) groups excluding carboxylic acids is 2. The predicted octanol–water partition coefficient (Wildman–Crippen LogP) is 4.37. The monoisotopic (exact) mass is 428 g/mol. The molecule has 1 atom stereocenters. The van der Waals surface area contributed by atoms with Gasteiger partial charge in [-0.2, -0.15) is 0 Å². The Hall–Kier alpha value is -1.98. The zero-order valence-corrected chi connectivity index (χ0v) is 17.0. The summed E-state index contributed by atoms with van der Waals surface area (Å²) in [6, 6.07) is 17.8. The number of benzene rings is 2. The van der Waals surface area contributed by atoms with Gasteiger partial charge in [-0.1, -0.05) is 58.4 Å². The van der Waals surface area contributed by atoms with Crippen LogP contribution in [-0.4, -0.2) is 36.2 Å². The van der Waals surface area contributed by atoms with Crippen molar-refractivity contribution in [1.29, 1.82) is 0 Å². The Kier molecular flexibility index (Phi) is 7.18. The van der Waals surface area contributed by atoms with E-state index in [1.165, 1.54) is 18.4 Å². The minimum Gasteiger partial charge on any atom is -0.354 e. The van der Waals surface area contributed by atoms with Crippen LogP contribution in [0.25, 0.3) is 0 Å². The second-order valence-electron chi connectivity index (χ2n) is 6.90. The van der Waals surface area contributed by atoms with Gasteiger partial charge in [0.25, 0.3) is 0 Å². The van der Waals surface area contributed by atoms with E-state index in [9.17, 15) is 9.59 Å². The van der Waals surface area contributed by atoms with Crippen molar-refractivity contribution in [2.75, 3.05) is 19.6 Å². The van der Waals surface area contributed by atoms with Gasteiger partial charge in [0, 0.05) is 29.4 Å². The number of nitrogens with one attached hydrogen (secondary N) is 1. The van der Waals surface area contributed by atoms with Crippen molar-refractivity contribution in [1.82, 2.24) is 10.2 Å². The Morgan fingerprint density at radius 3 is 2.30 bits per heavy atom. The number of carbonyl (C=O) groups is 2. The number of hydrogen-bond donors (Lipinski definition) is 1. The third kappa shape index (κ3) is 5.75. The van der Waals surface area contributed by atoms with Crippen LogP contribution in [0.3, 0.4) is 0 Å². The standard InChI is InChI=1S/C22H25BrN2O2/c23-19-10-8-18(9-11-19)21(26)12-13-22(27)24-16-20(25-14-4-5-15-25)17-6-2-1-3-7-17/h1-3,6-11,20H,4-5,12-16H2,(H,24,27). The third-order valence-electron chi connectivity index (χ3n) is 5.00. The second kappa shape index (κ2) is 9.81. The molecule has 0 aliphatic carbocycles. The number of likely N-dealkylation sites (tertiary alicyclic amines) is 1. The van der Waals surface area contributed by atoms with E-state index in [0.29, 0.717) is 12.1 Å². The quantitative estimate of drug-likeness (QED) is 0.635. The number of rotatable bonds is 8. The Labute approximate surface area is 169 Å². The fourth-order valence-electron chi connectivity index (χ4n) is 3.49. The van der Waals surface area contributed by atoms with Gasteiger partial charge in [-0.05, 0) is 43.6 Å². The lowest BCUT2D eigenvalue weighted by molar-refractivity contribution is -0.121. The van der Waals surface area contributed by atoms with E-state index < -0.39 is 0 Å². The predicted molar refractivity (Wildman–Crippen MR) is 111 cm³/mol. The Morgan fingerprint density at radius 1 is 0.963 bits per heavy atom. The molecular formula is C22H25BrN2O2. The molecule has 1 unspecified atom stereocenters. The van der Waals surface area contributed by atoms with Gasteiger partial charge in [-0.15, -0.1) is 0 Å². The van der Waals surface area contributed by atoms with Crippen LogP contribution in [-0.2, 0) is 4.79 Å². The number of nitrogens with zero attached hydrogens (tertiary/aromatic N) is 1. The summed E-state index contributed by atoms with van der Waals surface area (Å²) < 4.78 is 0.936. The molecule has 27 heavy (non-hydrogen) atoms. The molecule has 1 aliphatic rings. The Morgan fingerprint density at radius 2 is 1.63 bits per heavy atom. The van der Waals surface area contributed by atoms with Gasteiger partial charge in [0.15, 0.2) is 5.78 Å². The summed E-state index contributed by atoms with van der Waals surface area (Å²) in [5, 5.41) is 3.03. The first-order valence-electron chi connectivity index (χ1n) is 9.48. The van der Waals surface area contributed by atoms with E-state index in [1.807, 2.05) is 30.3 Å². The van der Waals surface area contributed by atoms with Gasteiger partial charge in [-0.3, -0.25) is 14.5 Å². The van der Waals surface area contributed by atoms with Crippen LogP contribution in [0.2, 0.25) is 0 Å². The van der Waals surface area contributed by atoms with E-state index >= 15 is 0 Å². The van der Waals surface area contributed by atoms with Gasteiger partial charge >= 0.3 is 0 Å². The number of ketones is 1. The fourth-order valence-corrected chi connectivity index (χ4v) is 3.76. The molecule has 4 nitrogen and oxygen atoms in total. The van der Waals surface area contributed by atoms with Crippen LogP contribution in [0, 0.1) is 0 Å². The average Bonchev–Trinajstić information content (AvgIpc) is 3.22. The molecule has 2 aromatic rings. The topological polar surface area (TPSA) is 49.4 Å². The van der Waals surface area contributed by atoms with Crippen LogP contribution < -0.4 is 5.32 Å². The van der Waals surface area contributed by atoms with Crippen molar-refractivity contribution in [2.24, 2.45) is 0 Å². The third-order valence-corrected chi connectivity index (χ3v) is 5.53. The van der Waals surface area contributed by atoms with Gasteiger partial charge in [0.05, 0.1) is 6.04 Å². The van der Waals surface area contributed by atoms with Gasteiger partial charge in [0.2, 0.25) is 5.91 Å². The summed E-state index contributed by atoms with van der Waals surface area (Å²) in [7, 11) is 0. The minimum absolute atomic E-state index is 0.00296. The molecule has 1 N–H and O–H groups in total. The highest BCUT2D eigenvalue weighted by Crippen LogP contribution is 2.24. The second-order valence-corrected chi connectivity index (χ2v) is 7.82. The van der Waals surface area contributed by atoms with Gasteiger partial charge in [-0.25, -0.2) is 0 Å². The lowest BCUT2D eigenvalue weighted by Gasteiger charge is -2.28. The lowest BCUT2D eigenvalue weighted by Crippen LogP contribution is -2.36. The summed E-state index contributed by atoms with van der Waals surface area (Å²) >= 11 is 3.36. The van der Waals surface area contributed by atoms with Gasteiger partial charge < -0.3 is 5.32 Å². The lowest BCUT2D eigenvalue weighted by atomic mass is 10.0. The summed E-state index contributed by atoms with van der Waals surface area (Å²) in [4.78, 5) is 27.0. The minimum atomic E-state index is -0.0689.